The Hall–Kier alpha value is -1.71. The van der Waals surface area contributed by atoms with Gasteiger partial charge in [0.25, 0.3) is 0 Å². The molecule has 1 aromatic heterocycles. The molecule has 10 heteroatoms. The highest BCUT2D eigenvalue weighted by Crippen LogP contribution is 2.36. The summed E-state index contributed by atoms with van der Waals surface area (Å²) in [4.78, 5) is 14.7. The van der Waals surface area contributed by atoms with Crippen molar-refractivity contribution in [2.45, 2.75) is 23.8 Å². The van der Waals surface area contributed by atoms with E-state index in [0.29, 0.717) is 29.8 Å². The van der Waals surface area contributed by atoms with Gasteiger partial charge in [0.2, 0.25) is 10.0 Å². The number of aryl methyl sites for hydroxylation is 1. The molecule has 1 atom stereocenters. The summed E-state index contributed by atoms with van der Waals surface area (Å²) in [5, 5.41) is 8.76. The van der Waals surface area contributed by atoms with Crippen molar-refractivity contribution < 1.29 is 23.1 Å². The van der Waals surface area contributed by atoms with Gasteiger partial charge in [-0.05, 0) is 23.8 Å². The zero-order chi connectivity index (χ0) is 20.5. The molecule has 0 aliphatic carbocycles. The number of carboxylic acids is 1. The first-order valence-corrected chi connectivity index (χ1v) is 10.6. The van der Waals surface area contributed by atoms with Crippen LogP contribution in [0.5, 0.6) is 0 Å². The SMILES string of the molecule is CN(CC1CO1)S(=O)(=O)c1c(Cl)cc(-c2ccc(CCC(=O)O)nc2)cc1Cl. The van der Waals surface area contributed by atoms with Crippen LogP contribution in [0.1, 0.15) is 12.1 Å². The molecule has 1 saturated heterocycles. The maximum Gasteiger partial charge on any atom is 0.303 e. The van der Waals surface area contributed by atoms with Crippen LogP contribution in [-0.2, 0) is 26.0 Å². The van der Waals surface area contributed by atoms with E-state index in [-0.39, 0.29) is 34.0 Å². The minimum Gasteiger partial charge on any atom is -0.481 e. The zero-order valence-corrected chi connectivity index (χ0v) is 17.3. The molecule has 0 radical (unpaired) electrons. The van der Waals surface area contributed by atoms with Crippen LogP contribution in [0.15, 0.2) is 35.4 Å². The molecule has 1 aromatic carbocycles. The van der Waals surface area contributed by atoms with Gasteiger partial charge in [-0.1, -0.05) is 29.3 Å². The molecule has 1 aliphatic heterocycles. The summed E-state index contributed by atoms with van der Waals surface area (Å²) < 4.78 is 31.8. The number of sulfonamides is 1. The topological polar surface area (TPSA) is 100 Å². The Kier molecular flexibility index (Phi) is 6.26. The predicted octanol–water partition coefficient (Wildman–Crippen LogP) is 3.09. The molecule has 2 heterocycles. The van der Waals surface area contributed by atoms with E-state index in [2.05, 4.69) is 4.98 Å². The number of hydrogen-bond donors (Lipinski definition) is 1. The molecule has 7 nitrogen and oxygen atoms in total. The van der Waals surface area contributed by atoms with Crippen molar-refractivity contribution in [3.05, 3.63) is 46.2 Å². The summed E-state index contributed by atoms with van der Waals surface area (Å²) in [6, 6.07) is 6.52. The van der Waals surface area contributed by atoms with E-state index in [4.69, 9.17) is 33.0 Å². The highest BCUT2D eigenvalue weighted by atomic mass is 35.5. The number of halogens is 2. The third-order valence-corrected chi connectivity index (χ3v) is 7.03. The van der Waals surface area contributed by atoms with Gasteiger partial charge in [-0.15, -0.1) is 0 Å². The summed E-state index contributed by atoms with van der Waals surface area (Å²) in [6.07, 6.45) is 1.80. The van der Waals surface area contributed by atoms with Crippen LogP contribution in [0, 0.1) is 0 Å². The van der Waals surface area contributed by atoms with Crippen molar-refractivity contribution in [2.75, 3.05) is 20.2 Å². The number of epoxide rings is 1. The minimum atomic E-state index is -3.86. The average Bonchev–Trinajstić information content (AvgIpc) is 3.43. The maximum atomic E-state index is 12.8. The molecular formula is C18H18Cl2N2O5S. The molecule has 28 heavy (non-hydrogen) atoms. The lowest BCUT2D eigenvalue weighted by Crippen LogP contribution is -2.31. The Balaban J connectivity index is 1.86. The van der Waals surface area contributed by atoms with Crippen LogP contribution in [-0.4, -0.2) is 55.1 Å². The number of ether oxygens (including phenoxy) is 1. The molecule has 2 aromatic rings. The molecule has 0 bridgehead atoms. The first-order chi connectivity index (χ1) is 13.2. The molecule has 3 rings (SSSR count). The van der Waals surface area contributed by atoms with Gasteiger partial charge in [0.05, 0.1) is 29.2 Å². The van der Waals surface area contributed by atoms with Crippen molar-refractivity contribution in [2.24, 2.45) is 0 Å². The number of benzene rings is 1. The van der Waals surface area contributed by atoms with Gasteiger partial charge in [0.1, 0.15) is 4.90 Å². The number of rotatable bonds is 8. The van der Waals surface area contributed by atoms with Crippen molar-refractivity contribution in [3.8, 4) is 11.1 Å². The van der Waals surface area contributed by atoms with Crippen LogP contribution in [0.3, 0.4) is 0 Å². The molecule has 0 saturated carbocycles. The van der Waals surface area contributed by atoms with Crippen LogP contribution < -0.4 is 0 Å². The fourth-order valence-electron chi connectivity index (χ4n) is 2.67. The number of carbonyl (C=O) groups is 1. The normalized spacial score (nSPS) is 16.4. The van der Waals surface area contributed by atoms with Gasteiger partial charge in [-0.3, -0.25) is 9.78 Å². The van der Waals surface area contributed by atoms with E-state index in [1.807, 2.05) is 0 Å². The number of likely N-dealkylation sites (N-methyl/N-ethyl adjacent to an activating group) is 1. The maximum absolute atomic E-state index is 12.8. The summed E-state index contributed by atoms with van der Waals surface area (Å²) in [6.45, 7) is 0.772. The fourth-order valence-corrected chi connectivity index (χ4v) is 5.02. The molecule has 1 unspecified atom stereocenters. The van der Waals surface area contributed by atoms with Crippen molar-refractivity contribution in [3.63, 3.8) is 0 Å². The average molecular weight is 445 g/mol. The summed E-state index contributed by atoms with van der Waals surface area (Å²) in [5.74, 6) is -0.889. The highest BCUT2D eigenvalue weighted by molar-refractivity contribution is 7.89. The van der Waals surface area contributed by atoms with E-state index >= 15 is 0 Å². The van der Waals surface area contributed by atoms with Crippen molar-refractivity contribution >= 4 is 39.2 Å². The van der Waals surface area contributed by atoms with E-state index in [0.717, 1.165) is 0 Å². The van der Waals surface area contributed by atoms with Crippen LogP contribution >= 0.6 is 23.2 Å². The quantitative estimate of drug-likeness (QED) is 0.627. The van der Waals surface area contributed by atoms with Gasteiger partial charge >= 0.3 is 5.97 Å². The second kappa shape index (κ2) is 8.34. The number of aromatic nitrogens is 1. The number of pyridine rings is 1. The van der Waals surface area contributed by atoms with Crippen LogP contribution in [0.4, 0.5) is 0 Å². The second-order valence-corrected chi connectivity index (χ2v) is 9.24. The lowest BCUT2D eigenvalue weighted by molar-refractivity contribution is -0.136. The molecule has 0 spiro atoms. The Morgan fingerprint density at radius 3 is 2.43 bits per heavy atom. The molecule has 1 aliphatic rings. The van der Waals surface area contributed by atoms with Crippen molar-refractivity contribution in [1.82, 2.24) is 9.29 Å². The molecule has 150 valence electrons. The lowest BCUT2D eigenvalue weighted by Gasteiger charge is -2.18. The largest absolute Gasteiger partial charge is 0.481 e. The van der Waals surface area contributed by atoms with E-state index in [1.54, 1.807) is 18.3 Å². The third-order valence-electron chi connectivity index (χ3n) is 4.28. The third kappa shape index (κ3) is 4.82. The Labute approximate surface area is 172 Å². The monoisotopic (exact) mass is 444 g/mol. The number of nitrogens with zero attached hydrogens (tertiary/aromatic N) is 2. The molecular weight excluding hydrogens is 427 g/mol. The Bertz CT molecular complexity index is 969. The lowest BCUT2D eigenvalue weighted by atomic mass is 10.1. The van der Waals surface area contributed by atoms with Crippen LogP contribution in [0.2, 0.25) is 10.0 Å². The van der Waals surface area contributed by atoms with Crippen LogP contribution in [0.25, 0.3) is 11.1 Å². The second-order valence-electron chi connectivity index (χ2n) is 6.44. The minimum absolute atomic E-state index is 0.00399. The zero-order valence-electron chi connectivity index (χ0n) is 14.9. The smallest absolute Gasteiger partial charge is 0.303 e. The van der Waals surface area contributed by atoms with E-state index in [9.17, 15) is 13.2 Å². The van der Waals surface area contributed by atoms with Gasteiger partial charge in [0, 0.05) is 37.5 Å². The van der Waals surface area contributed by atoms with Crippen molar-refractivity contribution in [1.29, 1.82) is 0 Å². The summed E-state index contributed by atoms with van der Waals surface area (Å²) in [5.41, 5.74) is 1.94. The summed E-state index contributed by atoms with van der Waals surface area (Å²) >= 11 is 12.5. The van der Waals surface area contributed by atoms with E-state index in [1.165, 1.54) is 23.5 Å². The standard InChI is InChI=1S/C18H18Cl2N2O5S/c1-22(9-14-10-27-14)28(25,26)18-15(19)6-12(7-16(18)20)11-2-3-13(21-8-11)4-5-17(23)24/h2-3,6-8,14H,4-5,9-10H2,1H3,(H,23,24). The van der Waals surface area contributed by atoms with Gasteiger partial charge < -0.3 is 9.84 Å². The molecule has 0 amide bonds. The van der Waals surface area contributed by atoms with Gasteiger partial charge in [-0.2, -0.15) is 4.31 Å². The Morgan fingerprint density at radius 1 is 1.29 bits per heavy atom. The number of carboxylic acid groups (broad SMARTS) is 1. The predicted molar refractivity (Wildman–Crippen MR) is 105 cm³/mol. The number of hydrogen-bond acceptors (Lipinski definition) is 5. The highest BCUT2D eigenvalue weighted by Gasteiger charge is 2.32. The van der Waals surface area contributed by atoms with Gasteiger partial charge in [0.15, 0.2) is 0 Å². The van der Waals surface area contributed by atoms with Gasteiger partial charge in [-0.25, -0.2) is 8.42 Å². The molecule has 1 N–H and O–H groups in total. The summed E-state index contributed by atoms with van der Waals surface area (Å²) in [7, 11) is -2.40. The molecule has 1 fully saturated rings. The first kappa shape index (κ1) is 21.0. The number of aliphatic carboxylic acids is 1. The van der Waals surface area contributed by atoms with E-state index < -0.39 is 16.0 Å². The fraction of sp³-hybridized carbons (Fsp3) is 0.333. The first-order valence-electron chi connectivity index (χ1n) is 8.42. The Morgan fingerprint density at radius 2 is 1.93 bits per heavy atom.